The highest BCUT2D eigenvalue weighted by atomic mass is 16.5. The van der Waals surface area contributed by atoms with E-state index in [1.807, 2.05) is 26.0 Å². The first-order valence-corrected chi connectivity index (χ1v) is 8.05. The van der Waals surface area contributed by atoms with Crippen LogP contribution in [-0.2, 0) is 0 Å². The molecular formula is C18H24N2O3. The van der Waals surface area contributed by atoms with Gasteiger partial charge in [0, 0.05) is 18.6 Å². The standard InChI is InChI=1S/C18H24N2O3/c1-13(2)11-18(22)20-16-12-15(23-10-4-3-9-19)7-5-14(16)6-8-17(20)21/h5-8,12-13H,3-4,9-11,19H2,1-2H3. The van der Waals surface area contributed by atoms with E-state index in [0.29, 0.717) is 30.8 Å². The fourth-order valence-electron chi connectivity index (χ4n) is 2.44. The second-order valence-electron chi connectivity index (χ2n) is 6.06. The van der Waals surface area contributed by atoms with E-state index in [2.05, 4.69) is 0 Å². The topological polar surface area (TPSA) is 74.3 Å². The summed E-state index contributed by atoms with van der Waals surface area (Å²) in [7, 11) is 0. The predicted molar refractivity (Wildman–Crippen MR) is 92.1 cm³/mol. The summed E-state index contributed by atoms with van der Waals surface area (Å²) in [6.07, 6.45) is 2.12. The number of aromatic nitrogens is 1. The summed E-state index contributed by atoms with van der Waals surface area (Å²) in [5.41, 5.74) is 5.76. The van der Waals surface area contributed by atoms with E-state index in [9.17, 15) is 9.59 Å². The van der Waals surface area contributed by atoms with Crippen LogP contribution in [0.1, 0.15) is 37.9 Å². The molecule has 1 aromatic carbocycles. The molecule has 0 atom stereocenters. The maximum absolute atomic E-state index is 12.4. The van der Waals surface area contributed by atoms with Gasteiger partial charge in [0.15, 0.2) is 0 Å². The van der Waals surface area contributed by atoms with E-state index in [1.54, 1.807) is 12.1 Å². The molecule has 0 amide bonds. The number of fused-ring (bicyclic) bond motifs is 1. The molecule has 1 aromatic heterocycles. The van der Waals surface area contributed by atoms with Crippen LogP contribution in [0.25, 0.3) is 10.9 Å². The lowest BCUT2D eigenvalue weighted by atomic mass is 10.1. The molecule has 5 heteroatoms. The average molecular weight is 316 g/mol. The van der Waals surface area contributed by atoms with Crippen LogP contribution in [-0.4, -0.2) is 23.6 Å². The number of carbonyl (C=O) groups excluding carboxylic acids is 1. The van der Waals surface area contributed by atoms with Crippen molar-refractivity contribution in [3.05, 3.63) is 40.7 Å². The van der Waals surface area contributed by atoms with E-state index >= 15 is 0 Å². The molecule has 2 N–H and O–H groups in total. The third-order valence-corrected chi connectivity index (χ3v) is 3.57. The molecule has 0 spiro atoms. The van der Waals surface area contributed by atoms with Gasteiger partial charge >= 0.3 is 0 Å². The number of unbranched alkanes of at least 4 members (excludes halogenated alkanes) is 1. The van der Waals surface area contributed by atoms with Crippen molar-refractivity contribution in [2.75, 3.05) is 13.2 Å². The van der Waals surface area contributed by atoms with Gasteiger partial charge in [-0.15, -0.1) is 0 Å². The quantitative estimate of drug-likeness (QED) is 0.797. The Kier molecular flexibility index (Phi) is 5.93. The first kappa shape index (κ1) is 17.2. The molecule has 0 saturated carbocycles. The lowest BCUT2D eigenvalue weighted by Gasteiger charge is -2.12. The first-order chi connectivity index (χ1) is 11.0. The normalized spacial score (nSPS) is 11.1. The molecule has 1 heterocycles. The van der Waals surface area contributed by atoms with E-state index in [1.165, 1.54) is 10.6 Å². The Morgan fingerprint density at radius 3 is 2.65 bits per heavy atom. The van der Waals surface area contributed by atoms with E-state index in [-0.39, 0.29) is 17.4 Å². The number of hydrogen-bond donors (Lipinski definition) is 1. The van der Waals surface area contributed by atoms with Gasteiger partial charge < -0.3 is 10.5 Å². The summed E-state index contributed by atoms with van der Waals surface area (Å²) in [6.45, 7) is 5.13. The van der Waals surface area contributed by atoms with Gasteiger partial charge in [-0.1, -0.05) is 13.8 Å². The van der Waals surface area contributed by atoms with Gasteiger partial charge in [0.25, 0.3) is 5.56 Å². The molecule has 2 aromatic rings. The number of benzene rings is 1. The Labute approximate surface area is 136 Å². The molecule has 0 aliphatic carbocycles. The molecular weight excluding hydrogens is 292 g/mol. The minimum atomic E-state index is -0.302. The summed E-state index contributed by atoms with van der Waals surface area (Å²) in [4.78, 5) is 24.6. The molecule has 0 bridgehead atoms. The Hall–Kier alpha value is -2.14. The number of nitrogens with two attached hydrogens (primary N) is 1. The number of hydrogen-bond acceptors (Lipinski definition) is 4. The molecule has 124 valence electrons. The zero-order chi connectivity index (χ0) is 16.8. The van der Waals surface area contributed by atoms with Crippen LogP contribution in [0.3, 0.4) is 0 Å². The molecule has 2 rings (SSSR count). The van der Waals surface area contributed by atoms with Gasteiger partial charge in [0.05, 0.1) is 12.1 Å². The molecule has 0 aliphatic heterocycles. The minimum Gasteiger partial charge on any atom is -0.494 e. The van der Waals surface area contributed by atoms with Gasteiger partial charge in [-0.25, -0.2) is 4.57 Å². The molecule has 5 nitrogen and oxygen atoms in total. The second-order valence-corrected chi connectivity index (χ2v) is 6.06. The van der Waals surface area contributed by atoms with E-state index in [4.69, 9.17) is 10.5 Å². The fraction of sp³-hybridized carbons (Fsp3) is 0.444. The van der Waals surface area contributed by atoms with Gasteiger partial charge in [0.1, 0.15) is 5.75 Å². The molecule has 0 radical (unpaired) electrons. The lowest BCUT2D eigenvalue weighted by Crippen LogP contribution is -2.27. The van der Waals surface area contributed by atoms with Crippen LogP contribution < -0.4 is 16.0 Å². The van der Waals surface area contributed by atoms with E-state index < -0.39 is 0 Å². The highest BCUT2D eigenvalue weighted by Crippen LogP contribution is 2.20. The van der Waals surface area contributed by atoms with Crippen molar-refractivity contribution < 1.29 is 9.53 Å². The van der Waals surface area contributed by atoms with Crippen LogP contribution in [0.15, 0.2) is 35.1 Å². The van der Waals surface area contributed by atoms with Crippen molar-refractivity contribution in [1.29, 1.82) is 0 Å². The Morgan fingerprint density at radius 1 is 1.22 bits per heavy atom. The van der Waals surface area contributed by atoms with E-state index in [0.717, 1.165) is 18.2 Å². The SMILES string of the molecule is CC(C)CC(=O)n1c(=O)ccc2ccc(OCCCCN)cc21. The monoisotopic (exact) mass is 316 g/mol. The van der Waals surface area contributed by atoms with Crippen LogP contribution in [0.4, 0.5) is 0 Å². The summed E-state index contributed by atoms with van der Waals surface area (Å²) in [5.74, 6) is 0.669. The molecule has 0 unspecified atom stereocenters. The average Bonchev–Trinajstić information content (AvgIpc) is 2.50. The Morgan fingerprint density at radius 2 is 1.96 bits per heavy atom. The zero-order valence-electron chi connectivity index (χ0n) is 13.7. The highest BCUT2D eigenvalue weighted by molar-refractivity contribution is 5.91. The van der Waals surface area contributed by atoms with Crippen LogP contribution in [0.2, 0.25) is 0 Å². The summed E-state index contributed by atoms with van der Waals surface area (Å²) < 4.78 is 6.94. The minimum absolute atomic E-state index is 0.184. The maximum atomic E-state index is 12.4. The zero-order valence-corrected chi connectivity index (χ0v) is 13.7. The predicted octanol–water partition coefficient (Wildman–Crippen LogP) is 2.81. The van der Waals surface area contributed by atoms with Crippen molar-refractivity contribution in [2.24, 2.45) is 11.7 Å². The Bertz CT molecular complexity index is 735. The number of pyridine rings is 1. The lowest BCUT2D eigenvalue weighted by molar-refractivity contribution is 0.0888. The number of ether oxygens (including phenoxy) is 1. The third kappa shape index (κ3) is 4.42. The summed E-state index contributed by atoms with van der Waals surface area (Å²) in [6, 6.07) is 8.65. The first-order valence-electron chi connectivity index (χ1n) is 8.05. The van der Waals surface area contributed by atoms with Gasteiger partial charge in [-0.3, -0.25) is 9.59 Å². The molecule has 0 aliphatic rings. The molecule has 0 saturated heterocycles. The third-order valence-electron chi connectivity index (χ3n) is 3.57. The maximum Gasteiger partial charge on any atom is 0.257 e. The number of rotatable bonds is 7. The van der Waals surface area contributed by atoms with Gasteiger partial charge in [-0.05, 0) is 48.9 Å². The van der Waals surface area contributed by atoms with Crippen LogP contribution in [0, 0.1) is 5.92 Å². The second kappa shape index (κ2) is 7.92. The van der Waals surface area contributed by atoms with Crippen LogP contribution >= 0.6 is 0 Å². The summed E-state index contributed by atoms with van der Waals surface area (Å²) >= 11 is 0. The largest absolute Gasteiger partial charge is 0.494 e. The molecule has 23 heavy (non-hydrogen) atoms. The van der Waals surface area contributed by atoms with Crippen molar-refractivity contribution in [2.45, 2.75) is 33.1 Å². The van der Waals surface area contributed by atoms with Crippen molar-refractivity contribution in [3.8, 4) is 5.75 Å². The number of nitrogens with zero attached hydrogens (tertiary/aromatic N) is 1. The van der Waals surface area contributed by atoms with Gasteiger partial charge in [-0.2, -0.15) is 0 Å². The summed E-state index contributed by atoms with van der Waals surface area (Å²) in [5, 5.41) is 0.844. The van der Waals surface area contributed by atoms with Gasteiger partial charge in [0.2, 0.25) is 5.91 Å². The Balaban J connectivity index is 2.35. The highest BCUT2D eigenvalue weighted by Gasteiger charge is 2.13. The van der Waals surface area contributed by atoms with Crippen molar-refractivity contribution in [3.63, 3.8) is 0 Å². The van der Waals surface area contributed by atoms with Crippen LogP contribution in [0.5, 0.6) is 5.75 Å². The fourth-order valence-corrected chi connectivity index (χ4v) is 2.44. The number of carbonyl (C=O) groups is 1. The smallest absolute Gasteiger partial charge is 0.257 e. The molecule has 0 fully saturated rings. The van der Waals surface area contributed by atoms with Crippen molar-refractivity contribution in [1.82, 2.24) is 4.57 Å². The van der Waals surface area contributed by atoms with Crippen molar-refractivity contribution >= 4 is 16.8 Å².